The third kappa shape index (κ3) is 3.39. The summed E-state index contributed by atoms with van der Waals surface area (Å²) in [5.74, 6) is -1.80. The predicted molar refractivity (Wildman–Crippen MR) is 100 cm³/mol. The number of amides is 4. The van der Waals surface area contributed by atoms with Crippen LogP contribution in [0.25, 0.3) is 0 Å². The minimum absolute atomic E-state index is 0.126. The van der Waals surface area contributed by atoms with Crippen LogP contribution in [0, 0.1) is 0 Å². The summed E-state index contributed by atoms with van der Waals surface area (Å²) in [7, 11) is 0. The van der Waals surface area contributed by atoms with E-state index in [1.165, 1.54) is 19.1 Å². The summed E-state index contributed by atoms with van der Waals surface area (Å²) in [6.07, 6.45) is -3.78. The van der Waals surface area contributed by atoms with Crippen molar-refractivity contribution in [2.75, 3.05) is 11.9 Å². The Kier molecular flexibility index (Phi) is 4.53. The van der Waals surface area contributed by atoms with E-state index in [1.54, 1.807) is 24.3 Å². The van der Waals surface area contributed by atoms with Crippen LogP contribution < -0.4 is 20.1 Å². The number of carbonyl (C=O) groups excluding carboxylic acids is 3. The molecule has 8 nitrogen and oxygen atoms in total. The van der Waals surface area contributed by atoms with Crippen LogP contribution >= 0.6 is 11.6 Å². The second-order valence-electron chi connectivity index (χ2n) is 6.80. The van der Waals surface area contributed by atoms with Gasteiger partial charge >= 0.3 is 12.3 Å². The summed E-state index contributed by atoms with van der Waals surface area (Å²) in [6, 6.07) is 9.45. The van der Waals surface area contributed by atoms with Crippen molar-refractivity contribution in [2.45, 2.75) is 18.8 Å². The molecule has 2 N–H and O–H groups in total. The number of halogens is 3. The first-order valence-corrected chi connectivity index (χ1v) is 9.06. The highest BCUT2D eigenvalue weighted by Crippen LogP contribution is 2.42. The summed E-state index contributed by atoms with van der Waals surface area (Å²) >= 11 is 6.16. The highest BCUT2D eigenvalue weighted by Gasteiger charge is 2.50. The molecule has 0 radical (unpaired) electrons. The minimum atomic E-state index is -3.78. The van der Waals surface area contributed by atoms with Gasteiger partial charge in [-0.1, -0.05) is 29.8 Å². The zero-order valence-electron chi connectivity index (χ0n) is 15.4. The number of fused-ring (bicyclic) bond motifs is 1. The minimum Gasteiger partial charge on any atom is -0.395 e. The van der Waals surface area contributed by atoms with Crippen LogP contribution in [0.5, 0.6) is 11.5 Å². The summed E-state index contributed by atoms with van der Waals surface area (Å²) in [5, 5.41) is 5.27. The molecule has 1 saturated heterocycles. The Hall–Kier alpha value is -3.40. The number of benzene rings is 2. The lowest BCUT2D eigenvalue weighted by Crippen LogP contribution is -2.42. The number of hydrogen-bond donors (Lipinski definition) is 2. The van der Waals surface area contributed by atoms with Gasteiger partial charge in [-0.05, 0) is 25.1 Å². The van der Waals surface area contributed by atoms with Crippen LogP contribution in [0.4, 0.5) is 19.3 Å². The Balaban J connectivity index is 1.47. The predicted octanol–water partition coefficient (Wildman–Crippen LogP) is 3.07. The van der Waals surface area contributed by atoms with Crippen molar-refractivity contribution >= 4 is 35.1 Å². The molecule has 2 aromatic carbocycles. The largest absolute Gasteiger partial charge is 0.586 e. The number of imide groups is 1. The van der Waals surface area contributed by atoms with Crippen LogP contribution in [0.3, 0.4) is 0 Å². The van der Waals surface area contributed by atoms with E-state index in [2.05, 4.69) is 20.1 Å². The summed E-state index contributed by atoms with van der Waals surface area (Å²) < 4.78 is 34.8. The van der Waals surface area contributed by atoms with Crippen molar-refractivity contribution in [3.63, 3.8) is 0 Å². The lowest BCUT2D eigenvalue weighted by molar-refractivity contribution is -0.286. The van der Waals surface area contributed by atoms with Gasteiger partial charge in [0.15, 0.2) is 11.5 Å². The van der Waals surface area contributed by atoms with Crippen molar-refractivity contribution < 1.29 is 32.6 Å². The average Bonchev–Trinajstić information content (AvgIpc) is 3.08. The molecule has 0 saturated carbocycles. The maximum atomic E-state index is 13.1. The molecular weight excluding hydrogens is 424 g/mol. The van der Waals surface area contributed by atoms with E-state index < -0.39 is 36.2 Å². The SMILES string of the molecule is CC1(c2ccccc2Cl)NC(=O)N(CC(=O)Nc2ccc3c(c2)OC(F)(F)O3)C1=O. The molecule has 11 heteroatoms. The zero-order valence-corrected chi connectivity index (χ0v) is 16.1. The third-order valence-electron chi connectivity index (χ3n) is 4.67. The van der Waals surface area contributed by atoms with E-state index >= 15 is 0 Å². The summed E-state index contributed by atoms with van der Waals surface area (Å²) in [6.45, 7) is 0.902. The number of nitrogens with zero attached hydrogens (tertiary/aromatic N) is 1. The van der Waals surface area contributed by atoms with Crippen LogP contribution in [-0.2, 0) is 15.1 Å². The lowest BCUT2D eigenvalue weighted by Gasteiger charge is -2.23. The number of anilines is 1. The molecular formula is C19H14ClF2N3O5. The Morgan fingerprint density at radius 1 is 1.17 bits per heavy atom. The highest BCUT2D eigenvalue weighted by molar-refractivity contribution is 6.32. The second-order valence-corrected chi connectivity index (χ2v) is 7.21. The Labute approximate surface area is 173 Å². The summed E-state index contributed by atoms with van der Waals surface area (Å²) in [4.78, 5) is 38.4. The number of urea groups is 1. The van der Waals surface area contributed by atoms with Crippen molar-refractivity contribution in [1.29, 1.82) is 0 Å². The van der Waals surface area contributed by atoms with Gasteiger partial charge in [-0.3, -0.25) is 14.5 Å². The van der Waals surface area contributed by atoms with Gasteiger partial charge in [-0.2, -0.15) is 0 Å². The van der Waals surface area contributed by atoms with Gasteiger partial charge in [0.05, 0.1) is 0 Å². The molecule has 1 unspecified atom stereocenters. The van der Waals surface area contributed by atoms with Gasteiger partial charge in [-0.25, -0.2) is 4.79 Å². The van der Waals surface area contributed by atoms with E-state index in [1.807, 2.05) is 0 Å². The molecule has 4 amide bonds. The van der Waals surface area contributed by atoms with Crippen LogP contribution in [0.2, 0.25) is 5.02 Å². The van der Waals surface area contributed by atoms with Gasteiger partial charge in [0, 0.05) is 22.3 Å². The van der Waals surface area contributed by atoms with E-state index in [0.29, 0.717) is 5.56 Å². The molecule has 4 rings (SSSR count). The third-order valence-corrected chi connectivity index (χ3v) is 5.00. The van der Waals surface area contributed by atoms with Crippen LogP contribution in [0.15, 0.2) is 42.5 Å². The van der Waals surface area contributed by atoms with Crippen molar-refractivity contribution in [1.82, 2.24) is 10.2 Å². The number of nitrogens with one attached hydrogen (secondary N) is 2. The molecule has 1 atom stereocenters. The fourth-order valence-corrected chi connectivity index (χ4v) is 3.59. The molecule has 1 fully saturated rings. The summed E-state index contributed by atoms with van der Waals surface area (Å²) in [5.41, 5.74) is -0.911. The topological polar surface area (TPSA) is 97.0 Å². The lowest BCUT2D eigenvalue weighted by atomic mass is 9.92. The highest BCUT2D eigenvalue weighted by atomic mass is 35.5. The fourth-order valence-electron chi connectivity index (χ4n) is 3.26. The van der Waals surface area contributed by atoms with Crippen LogP contribution in [-0.4, -0.2) is 35.6 Å². The molecule has 30 heavy (non-hydrogen) atoms. The van der Waals surface area contributed by atoms with E-state index in [4.69, 9.17) is 11.6 Å². The van der Waals surface area contributed by atoms with Gasteiger partial charge in [0.1, 0.15) is 12.1 Å². The second kappa shape index (κ2) is 6.84. The molecule has 2 aliphatic rings. The standard InChI is InChI=1S/C19H14ClF2N3O5/c1-18(11-4-2-3-5-12(11)20)16(27)25(17(28)24-18)9-15(26)23-10-6-7-13-14(8-10)30-19(21,22)29-13/h2-8H,9H2,1H3,(H,23,26)(H,24,28). The first-order valence-electron chi connectivity index (χ1n) is 8.68. The Bertz CT molecular complexity index is 1080. The van der Waals surface area contributed by atoms with Crippen molar-refractivity contribution in [3.05, 3.63) is 53.1 Å². The van der Waals surface area contributed by atoms with Gasteiger partial charge < -0.3 is 20.1 Å². The molecule has 2 aliphatic heterocycles. The monoisotopic (exact) mass is 437 g/mol. The molecule has 0 bridgehead atoms. The zero-order chi connectivity index (χ0) is 21.7. The van der Waals surface area contributed by atoms with Crippen LogP contribution in [0.1, 0.15) is 12.5 Å². The fraction of sp³-hybridized carbons (Fsp3) is 0.211. The van der Waals surface area contributed by atoms with E-state index in [0.717, 1.165) is 11.0 Å². The Morgan fingerprint density at radius 2 is 1.87 bits per heavy atom. The Morgan fingerprint density at radius 3 is 2.60 bits per heavy atom. The maximum Gasteiger partial charge on any atom is 0.586 e. The number of carbonyl (C=O) groups is 3. The van der Waals surface area contributed by atoms with Gasteiger partial charge in [0.25, 0.3) is 5.91 Å². The molecule has 156 valence electrons. The first-order chi connectivity index (χ1) is 14.1. The van der Waals surface area contributed by atoms with Gasteiger partial charge in [0.2, 0.25) is 5.91 Å². The van der Waals surface area contributed by atoms with Crippen molar-refractivity contribution in [3.8, 4) is 11.5 Å². The average molecular weight is 438 g/mol. The number of alkyl halides is 2. The smallest absolute Gasteiger partial charge is 0.395 e. The molecule has 2 heterocycles. The quantitative estimate of drug-likeness (QED) is 0.716. The molecule has 2 aromatic rings. The molecule has 0 aromatic heterocycles. The van der Waals surface area contributed by atoms with E-state index in [-0.39, 0.29) is 22.2 Å². The van der Waals surface area contributed by atoms with E-state index in [9.17, 15) is 23.2 Å². The van der Waals surface area contributed by atoms with Crippen molar-refractivity contribution in [2.24, 2.45) is 0 Å². The molecule has 0 spiro atoms. The number of ether oxygens (including phenoxy) is 2. The normalized spacial score (nSPS) is 21.5. The maximum absolute atomic E-state index is 13.1. The molecule has 0 aliphatic carbocycles. The first kappa shape index (κ1) is 19.9. The van der Waals surface area contributed by atoms with Gasteiger partial charge in [-0.15, -0.1) is 8.78 Å². The number of rotatable bonds is 4. The number of hydrogen-bond acceptors (Lipinski definition) is 5.